The lowest BCUT2D eigenvalue weighted by Gasteiger charge is -2.33. The molecule has 20 heavy (non-hydrogen) atoms. The van der Waals surface area contributed by atoms with Crippen molar-refractivity contribution in [1.82, 2.24) is 9.62 Å². The predicted molar refractivity (Wildman–Crippen MR) is 78.0 cm³/mol. The van der Waals surface area contributed by atoms with Crippen LogP contribution in [0.3, 0.4) is 0 Å². The van der Waals surface area contributed by atoms with E-state index >= 15 is 0 Å². The molecule has 1 aliphatic carbocycles. The second-order valence-electron chi connectivity index (χ2n) is 5.70. The summed E-state index contributed by atoms with van der Waals surface area (Å²) in [4.78, 5) is 15.3. The van der Waals surface area contributed by atoms with Crippen molar-refractivity contribution in [3.63, 3.8) is 0 Å². The molecule has 0 aromatic carbocycles. The number of hydrogen-bond acceptors (Lipinski definition) is 4. The molecule has 1 aliphatic heterocycles. The van der Waals surface area contributed by atoms with Crippen molar-refractivity contribution in [2.24, 2.45) is 5.92 Å². The van der Waals surface area contributed by atoms with Gasteiger partial charge in [0.2, 0.25) is 15.9 Å². The summed E-state index contributed by atoms with van der Waals surface area (Å²) in [5, 5.41) is 1.97. The zero-order valence-corrected chi connectivity index (χ0v) is 12.9. The highest BCUT2D eigenvalue weighted by molar-refractivity contribution is 7.88. The van der Waals surface area contributed by atoms with E-state index in [0.717, 1.165) is 24.3 Å². The maximum atomic E-state index is 12.4. The van der Waals surface area contributed by atoms with Crippen molar-refractivity contribution < 1.29 is 13.2 Å². The highest BCUT2D eigenvalue weighted by Crippen LogP contribution is 2.38. The Balaban J connectivity index is 1.68. The number of thiophene rings is 1. The molecular formula is C13H18N2O3S2. The van der Waals surface area contributed by atoms with E-state index in [0.29, 0.717) is 12.3 Å². The molecule has 1 aromatic rings. The quantitative estimate of drug-likeness (QED) is 0.895. The Kier molecular flexibility index (Phi) is 3.60. The van der Waals surface area contributed by atoms with Gasteiger partial charge in [-0.05, 0) is 30.2 Å². The van der Waals surface area contributed by atoms with Crippen LogP contribution in [0.2, 0.25) is 0 Å². The van der Waals surface area contributed by atoms with E-state index in [-0.39, 0.29) is 18.0 Å². The molecule has 1 N–H and O–H groups in total. The first-order valence-corrected chi connectivity index (χ1v) is 9.48. The Hall–Kier alpha value is -0.920. The molecule has 1 saturated carbocycles. The molecule has 0 radical (unpaired) electrons. The second kappa shape index (κ2) is 5.13. The number of rotatable bonds is 4. The fourth-order valence-corrected chi connectivity index (χ4v) is 4.88. The lowest BCUT2D eigenvalue weighted by molar-refractivity contribution is -0.132. The third-order valence-electron chi connectivity index (χ3n) is 4.07. The van der Waals surface area contributed by atoms with Crippen LogP contribution in [-0.2, 0) is 21.2 Å². The van der Waals surface area contributed by atoms with Crippen LogP contribution >= 0.6 is 11.3 Å². The van der Waals surface area contributed by atoms with Crippen LogP contribution in [0, 0.1) is 5.92 Å². The molecule has 2 bridgehead atoms. The first kappa shape index (κ1) is 14.0. The van der Waals surface area contributed by atoms with Crippen molar-refractivity contribution in [2.75, 3.05) is 12.8 Å². The normalized spacial score (nSPS) is 29.1. The molecule has 1 aromatic heterocycles. The van der Waals surface area contributed by atoms with Gasteiger partial charge in [-0.25, -0.2) is 13.1 Å². The summed E-state index contributed by atoms with van der Waals surface area (Å²) in [7, 11) is -3.21. The molecule has 0 spiro atoms. The van der Waals surface area contributed by atoms with E-state index in [1.54, 1.807) is 11.3 Å². The summed E-state index contributed by atoms with van der Waals surface area (Å²) >= 11 is 1.58. The van der Waals surface area contributed by atoms with Crippen LogP contribution in [0.25, 0.3) is 0 Å². The Morgan fingerprint density at radius 1 is 1.50 bits per heavy atom. The number of carbonyl (C=O) groups excluding carboxylic acids is 1. The van der Waals surface area contributed by atoms with Gasteiger partial charge in [-0.15, -0.1) is 11.3 Å². The van der Waals surface area contributed by atoms with Gasteiger partial charge in [-0.2, -0.15) is 0 Å². The first-order valence-electron chi connectivity index (χ1n) is 6.71. The molecule has 1 saturated heterocycles. The van der Waals surface area contributed by atoms with Crippen LogP contribution < -0.4 is 4.72 Å². The standard InChI is InChI=1S/C13H18N2O3S2/c1-20(17,18)14-11-5-9-6-12(11)15(8-9)13(16)7-10-3-2-4-19-10/h2-4,9,11-12,14H,5-8H2,1H3/t9-,11+,12-/m1/s1. The van der Waals surface area contributed by atoms with Crippen LogP contribution in [0.5, 0.6) is 0 Å². The highest BCUT2D eigenvalue weighted by atomic mass is 32.2. The van der Waals surface area contributed by atoms with E-state index in [2.05, 4.69) is 4.72 Å². The van der Waals surface area contributed by atoms with Gasteiger partial charge in [0.25, 0.3) is 0 Å². The molecule has 7 heteroatoms. The van der Waals surface area contributed by atoms with Gasteiger partial charge in [-0.3, -0.25) is 4.79 Å². The van der Waals surface area contributed by atoms with Crippen molar-refractivity contribution in [3.8, 4) is 0 Å². The fourth-order valence-electron chi connectivity index (χ4n) is 3.38. The summed E-state index contributed by atoms with van der Waals surface area (Å²) < 4.78 is 25.4. The zero-order chi connectivity index (χ0) is 14.3. The minimum absolute atomic E-state index is 0.0298. The number of nitrogens with zero attached hydrogens (tertiary/aromatic N) is 1. The summed E-state index contributed by atoms with van der Waals surface area (Å²) in [6, 6.07) is 3.82. The van der Waals surface area contributed by atoms with Gasteiger partial charge in [-0.1, -0.05) is 6.07 Å². The lowest BCUT2D eigenvalue weighted by Crippen LogP contribution is -2.52. The number of piperidine rings is 1. The maximum absolute atomic E-state index is 12.4. The smallest absolute Gasteiger partial charge is 0.228 e. The number of carbonyl (C=O) groups is 1. The van der Waals surface area contributed by atoms with E-state index < -0.39 is 10.0 Å². The van der Waals surface area contributed by atoms with Crippen molar-refractivity contribution in [2.45, 2.75) is 31.3 Å². The number of nitrogens with one attached hydrogen (secondary N) is 1. The van der Waals surface area contributed by atoms with Gasteiger partial charge in [0.05, 0.1) is 12.7 Å². The topological polar surface area (TPSA) is 66.5 Å². The third kappa shape index (κ3) is 2.89. The Bertz CT molecular complexity index is 597. The van der Waals surface area contributed by atoms with E-state index in [4.69, 9.17) is 0 Å². The largest absolute Gasteiger partial charge is 0.338 e. The van der Waals surface area contributed by atoms with E-state index in [1.807, 2.05) is 22.4 Å². The fraction of sp³-hybridized carbons (Fsp3) is 0.615. The SMILES string of the molecule is CS(=O)(=O)N[C@H]1C[C@@H]2C[C@H]1N(C(=O)Cc1cccs1)C2. The molecule has 2 heterocycles. The maximum Gasteiger partial charge on any atom is 0.228 e. The molecular weight excluding hydrogens is 296 g/mol. The number of hydrogen-bond donors (Lipinski definition) is 1. The van der Waals surface area contributed by atoms with Crippen molar-refractivity contribution in [3.05, 3.63) is 22.4 Å². The van der Waals surface area contributed by atoms with E-state index in [9.17, 15) is 13.2 Å². The number of fused-ring (bicyclic) bond motifs is 2. The Morgan fingerprint density at radius 3 is 2.90 bits per heavy atom. The van der Waals surface area contributed by atoms with Crippen LogP contribution in [0.4, 0.5) is 0 Å². The van der Waals surface area contributed by atoms with Gasteiger partial charge in [0.1, 0.15) is 0 Å². The molecule has 2 fully saturated rings. The molecule has 3 rings (SSSR count). The van der Waals surface area contributed by atoms with Crippen molar-refractivity contribution >= 4 is 27.3 Å². The average molecular weight is 314 g/mol. The molecule has 5 nitrogen and oxygen atoms in total. The first-order chi connectivity index (χ1) is 9.42. The van der Waals surface area contributed by atoms with Crippen LogP contribution in [-0.4, -0.2) is 44.1 Å². The summed E-state index contributed by atoms with van der Waals surface area (Å²) in [5.41, 5.74) is 0. The van der Waals surface area contributed by atoms with Crippen LogP contribution in [0.15, 0.2) is 17.5 Å². The second-order valence-corrected chi connectivity index (χ2v) is 8.52. The highest BCUT2D eigenvalue weighted by Gasteiger charge is 2.47. The van der Waals surface area contributed by atoms with Crippen molar-refractivity contribution in [1.29, 1.82) is 0 Å². The molecule has 0 unspecified atom stereocenters. The monoisotopic (exact) mass is 314 g/mol. The van der Waals surface area contributed by atoms with Gasteiger partial charge in [0, 0.05) is 23.5 Å². The summed E-state index contributed by atoms with van der Waals surface area (Å²) in [6.07, 6.45) is 3.37. The lowest BCUT2D eigenvalue weighted by atomic mass is 10.1. The molecule has 110 valence electrons. The van der Waals surface area contributed by atoms with Gasteiger partial charge < -0.3 is 4.90 Å². The van der Waals surface area contributed by atoms with E-state index in [1.165, 1.54) is 6.26 Å². The number of amides is 1. The van der Waals surface area contributed by atoms with Gasteiger partial charge >= 0.3 is 0 Å². The number of sulfonamides is 1. The van der Waals surface area contributed by atoms with Crippen LogP contribution in [0.1, 0.15) is 17.7 Å². The molecule has 3 atom stereocenters. The minimum atomic E-state index is -3.21. The average Bonchev–Trinajstić information content (AvgIpc) is 3.01. The zero-order valence-electron chi connectivity index (χ0n) is 11.3. The Labute approximate surface area is 123 Å². The predicted octanol–water partition coefficient (Wildman–Crippen LogP) is 0.829. The van der Waals surface area contributed by atoms with Gasteiger partial charge in [0.15, 0.2) is 0 Å². The minimum Gasteiger partial charge on any atom is -0.338 e. The molecule has 2 aliphatic rings. The Morgan fingerprint density at radius 2 is 2.30 bits per heavy atom. The molecule has 1 amide bonds. The third-order valence-corrected chi connectivity index (χ3v) is 5.68. The summed E-state index contributed by atoms with van der Waals surface area (Å²) in [6.45, 7) is 0.775. The summed E-state index contributed by atoms with van der Waals surface area (Å²) in [5.74, 6) is 0.548. The number of likely N-dealkylation sites (tertiary alicyclic amines) is 1.